The molecule has 0 unspecified atom stereocenters. The van der Waals surface area contributed by atoms with Gasteiger partial charge in [0, 0.05) is 6.54 Å². The van der Waals surface area contributed by atoms with E-state index in [1.165, 1.54) is 0 Å². The molecule has 0 amide bonds. The Balaban J connectivity index is 2.70. The molecule has 1 aromatic heterocycles. The van der Waals surface area contributed by atoms with Crippen molar-refractivity contribution in [2.75, 3.05) is 0 Å². The van der Waals surface area contributed by atoms with Crippen LogP contribution in [-0.4, -0.2) is 9.97 Å². The van der Waals surface area contributed by atoms with Gasteiger partial charge in [0.05, 0.1) is 17.7 Å². The van der Waals surface area contributed by atoms with Gasteiger partial charge in [0.1, 0.15) is 0 Å². The number of aromatic nitrogens is 2. The van der Waals surface area contributed by atoms with Gasteiger partial charge in [-0.3, -0.25) is 0 Å². The number of aryl methyl sites for hydroxylation is 1. The van der Waals surface area contributed by atoms with Crippen LogP contribution in [0.3, 0.4) is 0 Å². The van der Waals surface area contributed by atoms with Crippen LogP contribution in [0, 0.1) is 0 Å². The fourth-order valence-electron chi connectivity index (χ4n) is 0.978. The molecule has 1 rings (SSSR count). The number of nitrogens with zero attached hydrogens (tertiary/aromatic N) is 1. The molecule has 56 valence electrons. The van der Waals surface area contributed by atoms with E-state index in [4.69, 9.17) is 5.73 Å². The summed E-state index contributed by atoms with van der Waals surface area (Å²) in [6.45, 7) is 2.70. The van der Waals surface area contributed by atoms with Crippen LogP contribution in [0.5, 0.6) is 0 Å². The first-order valence-electron chi connectivity index (χ1n) is 3.59. The van der Waals surface area contributed by atoms with Gasteiger partial charge in [-0.15, -0.1) is 0 Å². The van der Waals surface area contributed by atoms with Gasteiger partial charge >= 0.3 is 0 Å². The van der Waals surface area contributed by atoms with E-state index in [0.717, 1.165) is 24.2 Å². The number of imidazole rings is 1. The molecule has 0 fully saturated rings. The predicted octanol–water partition coefficient (Wildman–Crippen LogP) is 0.821. The van der Waals surface area contributed by atoms with Crippen LogP contribution in [0.25, 0.3) is 0 Å². The Hall–Kier alpha value is -0.830. The molecule has 0 radical (unpaired) electrons. The summed E-state index contributed by atoms with van der Waals surface area (Å²) in [5.74, 6) is 0. The highest BCUT2D eigenvalue weighted by molar-refractivity contribution is 5.10. The summed E-state index contributed by atoms with van der Waals surface area (Å²) < 4.78 is 0. The molecule has 3 N–H and O–H groups in total. The number of H-pyrrole nitrogens is 1. The van der Waals surface area contributed by atoms with E-state index in [-0.39, 0.29) is 0 Å². The molecule has 0 atom stereocenters. The second-order valence-corrected chi connectivity index (χ2v) is 2.28. The Morgan fingerprint density at radius 2 is 2.50 bits per heavy atom. The van der Waals surface area contributed by atoms with E-state index in [9.17, 15) is 0 Å². The quantitative estimate of drug-likeness (QED) is 0.651. The summed E-state index contributed by atoms with van der Waals surface area (Å²) >= 11 is 0. The lowest BCUT2D eigenvalue weighted by molar-refractivity contribution is 0.861. The third kappa shape index (κ3) is 1.36. The smallest absolute Gasteiger partial charge is 0.0925 e. The van der Waals surface area contributed by atoms with Crippen molar-refractivity contribution >= 4 is 0 Å². The van der Waals surface area contributed by atoms with Crippen LogP contribution in [-0.2, 0) is 13.0 Å². The maximum atomic E-state index is 5.45. The summed E-state index contributed by atoms with van der Waals surface area (Å²) in [5.41, 5.74) is 7.64. The summed E-state index contributed by atoms with van der Waals surface area (Å²) in [5, 5.41) is 0. The lowest BCUT2D eigenvalue weighted by Crippen LogP contribution is -2.00. The molecular formula is C7H13N3. The molecule has 1 aromatic rings. The molecule has 0 aliphatic heterocycles. The van der Waals surface area contributed by atoms with E-state index in [0.29, 0.717) is 6.54 Å². The first kappa shape index (κ1) is 7.28. The summed E-state index contributed by atoms with van der Waals surface area (Å²) in [6.07, 6.45) is 3.85. The lowest BCUT2D eigenvalue weighted by atomic mass is 10.2. The molecule has 0 aliphatic rings. The Labute approximate surface area is 60.7 Å². The maximum absolute atomic E-state index is 5.45. The Kier molecular flexibility index (Phi) is 2.45. The normalized spacial score (nSPS) is 10.2. The Morgan fingerprint density at radius 3 is 3.10 bits per heavy atom. The van der Waals surface area contributed by atoms with Crippen LogP contribution in [0.1, 0.15) is 24.7 Å². The van der Waals surface area contributed by atoms with E-state index in [1.807, 2.05) is 0 Å². The molecule has 0 spiro atoms. The Morgan fingerprint density at radius 1 is 1.70 bits per heavy atom. The molecule has 10 heavy (non-hydrogen) atoms. The first-order valence-corrected chi connectivity index (χ1v) is 3.59. The van der Waals surface area contributed by atoms with E-state index in [2.05, 4.69) is 16.9 Å². The SMILES string of the molecule is CCCc1nc[nH]c1CN. The van der Waals surface area contributed by atoms with Crippen molar-refractivity contribution in [2.45, 2.75) is 26.3 Å². The van der Waals surface area contributed by atoms with E-state index < -0.39 is 0 Å². The highest BCUT2D eigenvalue weighted by Crippen LogP contribution is 2.03. The van der Waals surface area contributed by atoms with Crippen molar-refractivity contribution in [1.29, 1.82) is 0 Å². The molecule has 0 saturated heterocycles. The number of hydrogen-bond donors (Lipinski definition) is 2. The molecule has 0 aliphatic carbocycles. The fraction of sp³-hybridized carbons (Fsp3) is 0.571. The van der Waals surface area contributed by atoms with E-state index in [1.54, 1.807) is 6.33 Å². The maximum Gasteiger partial charge on any atom is 0.0925 e. The molecule has 3 heteroatoms. The minimum atomic E-state index is 0.565. The molecule has 3 nitrogen and oxygen atoms in total. The largest absolute Gasteiger partial charge is 0.347 e. The van der Waals surface area contributed by atoms with Crippen LogP contribution in [0.2, 0.25) is 0 Å². The van der Waals surface area contributed by atoms with Crippen LogP contribution >= 0.6 is 0 Å². The van der Waals surface area contributed by atoms with Gasteiger partial charge < -0.3 is 10.7 Å². The van der Waals surface area contributed by atoms with Crippen molar-refractivity contribution in [2.24, 2.45) is 5.73 Å². The Bertz CT molecular complexity index is 192. The van der Waals surface area contributed by atoms with Gasteiger partial charge in [0.25, 0.3) is 0 Å². The highest BCUT2D eigenvalue weighted by Gasteiger charge is 2.00. The topological polar surface area (TPSA) is 54.7 Å². The van der Waals surface area contributed by atoms with Gasteiger partial charge in [-0.05, 0) is 6.42 Å². The van der Waals surface area contributed by atoms with Gasteiger partial charge in [0.15, 0.2) is 0 Å². The van der Waals surface area contributed by atoms with Crippen molar-refractivity contribution in [3.05, 3.63) is 17.7 Å². The van der Waals surface area contributed by atoms with Crippen molar-refractivity contribution in [3.63, 3.8) is 0 Å². The monoisotopic (exact) mass is 139 g/mol. The second-order valence-electron chi connectivity index (χ2n) is 2.28. The molecular weight excluding hydrogens is 126 g/mol. The van der Waals surface area contributed by atoms with Gasteiger partial charge in [0.2, 0.25) is 0 Å². The minimum Gasteiger partial charge on any atom is -0.347 e. The molecule has 0 saturated carbocycles. The number of hydrogen-bond acceptors (Lipinski definition) is 2. The van der Waals surface area contributed by atoms with Crippen molar-refractivity contribution in [1.82, 2.24) is 9.97 Å². The van der Waals surface area contributed by atoms with Crippen LogP contribution in [0.4, 0.5) is 0 Å². The zero-order chi connectivity index (χ0) is 7.40. The van der Waals surface area contributed by atoms with Crippen molar-refractivity contribution < 1.29 is 0 Å². The molecule has 1 heterocycles. The third-order valence-corrected chi connectivity index (χ3v) is 1.50. The second kappa shape index (κ2) is 3.37. The van der Waals surface area contributed by atoms with E-state index >= 15 is 0 Å². The number of nitrogens with one attached hydrogen (secondary N) is 1. The number of aromatic amines is 1. The summed E-state index contributed by atoms with van der Waals surface area (Å²) in [4.78, 5) is 7.15. The number of rotatable bonds is 3. The minimum absolute atomic E-state index is 0.565. The van der Waals surface area contributed by atoms with Gasteiger partial charge in [-0.25, -0.2) is 4.98 Å². The fourth-order valence-corrected chi connectivity index (χ4v) is 0.978. The highest BCUT2D eigenvalue weighted by atomic mass is 14.9. The number of nitrogens with two attached hydrogens (primary N) is 1. The lowest BCUT2D eigenvalue weighted by Gasteiger charge is -1.94. The molecule has 0 bridgehead atoms. The van der Waals surface area contributed by atoms with Gasteiger partial charge in [-0.2, -0.15) is 0 Å². The predicted molar refractivity (Wildman–Crippen MR) is 40.5 cm³/mol. The zero-order valence-corrected chi connectivity index (χ0v) is 6.22. The summed E-state index contributed by atoms with van der Waals surface area (Å²) in [7, 11) is 0. The van der Waals surface area contributed by atoms with Crippen LogP contribution in [0.15, 0.2) is 6.33 Å². The van der Waals surface area contributed by atoms with Crippen molar-refractivity contribution in [3.8, 4) is 0 Å². The third-order valence-electron chi connectivity index (χ3n) is 1.50. The average Bonchev–Trinajstić information content (AvgIpc) is 2.36. The zero-order valence-electron chi connectivity index (χ0n) is 6.22. The standard InChI is InChI=1S/C7H13N3/c1-2-3-6-7(4-8)10-5-9-6/h5H,2-4,8H2,1H3,(H,9,10). The van der Waals surface area contributed by atoms with Gasteiger partial charge in [-0.1, -0.05) is 13.3 Å². The first-order chi connectivity index (χ1) is 4.88. The summed E-state index contributed by atoms with van der Waals surface area (Å²) in [6, 6.07) is 0. The molecule has 0 aromatic carbocycles. The average molecular weight is 139 g/mol. The van der Waals surface area contributed by atoms with Crippen LogP contribution < -0.4 is 5.73 Å².